The SMILES string of the molecule is Cc1ccc(CC(=O)NC(CN)C2CCCC2)cc1. The number of rotatable bonds is 5. The minimum atomic E-state index is 0.0891. The lowest BCUT2D eigenvalue weighted by Gasteiger charge is -2.23. The molecule has 0 heterocycles. The highest BCUT2D eigenvalue weighted by molar-refractivity contribution is 5.78. The van der Waals surface area contributed by atoms with E-state index in [0.717, 1.165) is 5.56 Å². The first-order valence-electron chi connectivity index (χ1n) is 7.24. The molecular formula is C16H24N2O. The van der Waals surface area contributed by atoms with Crippen LogP contribution in [0.2, 0.25) is 0 Å². The maximum absolute atomic E-state index is 12.1. The maximum Gasteiger partial charge on any atom is 0.224 e. The zero-order valence-electron chi connectivity index (χ0n) is 11.7. The summed E-state index contributed by atoms with van der Waals surface area (Å²) in [6, 6.07) is 8.27. The third kappa shape index (κ3) is 4.06. The van der Waals surface area contributed by atoms with Gasteiger partial charge in [0.1, 0.15) is 0 Å². The lowest BCUT2D eigenvalue weighted by atomic mass is 9.98. The zero-order chi connectivity index (χ0) is 13.7. The van der Waals surface area contributed by atoms with Crippen LogP contribution in [0.5, 0.6) is 0 Å². The van der Waals surface area contributed by atoms with Crippen molar-refractivity contribution >= 4 is 5.91 Å². The molecule has 19 heavy (non-hydrogen) atoms. The fraction of sp³-hybridized carbons (Fsp3) is 0.562. The Kier molecular flexibility index (Phi) is 4.97. The number of aryl methyl sites for hydroxylation is 1. The van der Waals surface area contributed by atoms with Crippen molar-refractivity contribution in [3.8, 4) is 0 Å². The van der Waals surface area contributed by atoms with Crippen molar-refractivity contribution in [2.75, 3.05) is 6.54 Å². The molecule has 0 aromatic heterocycles. The highest BCUT2D eigenvalue weighted by atomic mass is 16.1. The monoisotopic (exact) mass is 260 g/mol. The average molecular weight is 260 g/mol. The average Bonchev–Trinajstić information content (AvgIpc) is 2.92. The van der Waals surface area contributed by atoms with Gasteiger partial charge in [0.2, 0.25) is 5.91 Å². The lowest BCUT2D eigenvalue weighted by Crippen LogP contribution is -2.45. The van der Waals surface area contributed by atoms with Gasteiger partial charge >= 0.3 is 0 Å². The van der Waals surface area contributed by atoms with Gasteiger partial charge in [0, 0.05) is 12.6 Å². The molecule has 3 heteroatoms. The highest BCUT2D eigenvalue weighted by Gasteiger charge is 2.25. The topological polar surface area (TPSA) is 55.1 Å². The molecule has 1 unspecified atom stereocenters. The zero-order valence-corrected chi connectivity index (χ0v) is 11.7. The van der Waals surface area contributed by atoms with Crippen molar-refractivity contribution in [3.63, 3.8) is 0 Å². The summed E-state index contributed by atoms with van der Waals surface area (Å²) in [5.74, 6) is 0.665. The van der Waals surface area contributed by atoms with Crippen LogP contribution in [-0.2, 0) is 11.2 Å². The molecule has 1 aliphatic carbocycles. The molecule has 0 bridgehead atoms. The number of benzene rings is 1. The van der Waals surface area contributed by atoms with Gasteiger partial charge in [-0.05, 0) is 31.2 Å². The lowest BCUT2D eigenvalue weighted by molar-refractivity contribution is -0.121. The van der Waals surface area contributed by atoms with E-state index in [1.807, 2.05) is 31.2 Å². The number of hydrogen-bond donors (Lipinski definition) is 2. The summed E-state index contributed by atoms with van der Waals surface area (Å²) in [5, 5.41) is 3.11. The smallest absolute Gasteiger partial charge is 0.224 e. The van der Waals surface area contributed by atoms with E-state index in [-0.39, 0.29) is 11.9 Å². The molecule has 1 aromatic rings. The Morgan fingerprint density at radius 3 is 2.53 bits per heavy atom. The summed E-state index contributed by atoms with van der Waals surface area (Å²) < 4.78 is 0. The Labute approximate surface area is 115 Å². The van der Waals surface area contributed by atoms with Crippen LogP contribution >= 0.6 is 0 Å². The largest absolute Gasteiger partial charge is 0.352 e. The summed E-state index contributed by atoms with van der Waals surface area (Å²) in [5.41, 5.74) is 8.08. The van der Waals surface area contributed by atoms with Crippen LogP contribution < -0.4 is 11.1 Å². The van der Waals surface area contributed by atoms with Crippen LogP contribution in [0.1, 0.15) is 36.8 Å². The van der Waals surface area contributed by atoms with Crippen LogP contribution in [-0.4, -0.2) is 18.5 Å². The van der Waals surface area contributed by atoms with E-state index in [4.69, 9.17) is 5.73 Å². The Morgan fingerprint density at radius 2 is 1.95 bits per heavy atom. The van der Waals surface area contributed by atoms with Crippen molar-refractivity contribution in [1.82, 2.24) is 5.32 Å². The third-order valence-electron chi connectivity index (χ3n) is 4.05. The van der Waals surface area contributed by atoms with Crippen LogP contribution in [0.4, 0.5) is 0 Å². The van der Waals surface area contributed by atoms with E-state index in [1.165, 1.54) is 31.2 Å². The molecule has 0 spiro atoms. The number of hydrogen-bond acceptors (Lipinski definition) is 2. The molecule has 0 radical (unpaired) electrons. The van der Waals surface area contributed by atoms with Crippen molar-refractivity contribution in [3.05, 3.63) is 35.4 Å². The van der Waals surface area contributed by atoms with Gasteiger partial charge in [0.25, 0.3) is 0 Å². The maximum atomic E-state index is 12.1. The molecule has 1 fully saturated rings. The summed E-state index contributed by atoms with van der Waals surface area (Å²) in [6.45, 7) is 2.60. The Balaban J connectivity index is 1.87. The molecule has 1 amide bonds. The normalized spacial score (nSPS) is 17.4. The van der Waals surface area contributed by atoms with Crippen LogP contribution in [0.3, 0.4) is 0 Å². The molecule has 1 atom stereocenters. The minimum absolute atomic E-state index is 0.0891. The van der Waals surface area contributed by atoms with E-state index in [2.05, 4.69) is 5.32 Å². The molecule has 2 rings (SSSR count). The van der Waals surface area contributed by atoms with Gasteiger partial charge in [-0.25, -0.2) is 0 Å². The second kappa shape index (κ2) is 6.71. The van der Waals surface area contributed by atoms with Gasteiger partial charge in [0.05, 0.1) is 6.42 Å². The standard InChI is InChI=1S/C16H24N2O/c1-12-6-8-13(9-7-12)10-16(19)18-15(11-17)14-4-2-3-5-14/h6-9,14-15H,2-5,10-11,17H2,1H3,(H,18,19). The first-order valence-corrected chi connectivity index (χ1v) is 7.24. The van der Waals surface area contributed by atoms with Crippen LogP contribution in [0, 0.1) is 12.8 Å². The van der Waals surface area contributed by atoms with E-state index in [9.17, 15) is 4.79 Å². The van der Waals surface area contributed by atoms with Gasteiger partial charge in [-0.15, -0.1) is 0 Å². The van der Waals surface area contributed by atoms with E-state index < -0.39 is 0 Å². The molecule has 3 N–H and O–H groups in total. The van der Waals surface area contributed by atoms with E-state index in [0.29, 0.717) is 18.9 Å². The molecule has 0 aliphatic heterocycles. The summed E-state index contributed by atoms with van der Waals surface area (Å²) in [7, 11) is 0. The second-order valence-electron chi connectivity index (χ2n) is 5.62. The van der Waals surface area contributed by atoms with Crippen molar-refractivity contribution in [2.45, 2.75) is 45.1 Å². The molecule has 104 valence electrons. The predicted octanol–water partition coefficient (Wildman–Crippen LogP) is 2.17. The first-order chi connectivity index (χ1) is 9.19. The molecule has 1 saturated carbocycles. The van der Waals surface area contributed by atoms with Crippen molar-refractivity contribution in [1.29, 1.82) is 0 Å². The molecule has 1 aromatic carbocycles. The third-order valence-corrected chi connectivity index (χ3v) is 4.05. The van der Waals surface area contributed by atoms with Gasteiger partial charge < -0.3 is 11.1 Å². The van der Waals surface area contributed by atoms with Crippen LogP contribution in [0.25, 0.3) is 0 Å². The second-order valence-corrected chi connectivity index (χ2v) is 5.62. The predicted molar refractivity (Wildman–Crippen MR) is 77.8 cm³/mol. The van der Waals surface area contributed by atoms with Crippen molar-refractivity contribution < 1.29 is 4.79 Å². The Hall–Kier alpha value is -1.35. The Morgan fingerprint density at radius 1 is 1.32 bits per heavy atom. The van der Waals surface area contributed by atoms with Gasteiger partial charge in [-0.1, -0.05) is 42.7 Å². The number of carbonyl (C=O) groups excluding carboxylic acids is 1. The summed E-state index contributed by atoms with van der Waals surface area (Å²) in [6.07, 6.45) is 5.40. The van der Waals surface area contributed by atoms with E-state index in [1.54, 1.807) is 0 Å². The van der Waals surface area contributed by atoms with Gasteiger partial charge in [0.15, 0.2) is 0 Å². The van der Waals surface area contributed by atoms with Gasteiger partial charge in [-0.2, -0.15) is 0 Å². The van der Waals surface area contributed by atoms with Crippen molar-refractivity contribution in [2.24, 2.45) is 11.7 Å². The first kappa shape index (κ1) is 14.1. The summed E-state index contributed by atoms with van der Waals surface area (Å²) >= 11 is 0. The quantitative estimate of drug-likeness (QED) is 0.852. The molecular weight excluding hydrogens is 236 g/mol. The minimum Gasteiger partial charge on any atom is -0.352 e. The fourth-order valence-corrected chi connectivity index (χ4v) is 2.88. The number of nitrogens with two attached hydrogens (primary N) is 1. The number of nitrogens with one attached hydrogen (secondary N) is 1. The molecule has 1 aliphatic rings. The number of carbonyl (C=O) groups is 1. The van der Waals surface area contributed by atoms with Crippen LogP contribution in [0.15, 0.2) is 24.3 Å². The summed E-state index contributed by atoms with van der Waals surface area (Å²) in [4.78, 5) is 12.1. The van der Waals surface area contributed by atoms with Gasteiger partial charge in [-0.3, -0.25) is 4.79 Å². The number of amides is 1. The molecule has 0 saturated heterocycles. The fourth-order valence-electron chi connectivity index (χ4n) is 2.88. The highest BCUT2D eigenvalue weighted by Crippen LogP contribution is 2.27. The van der Waals surface area contributed by atoms with E-state index >= 15 is 0 Å². The Bertz CT molecular complexity index is 407. The molecule has 3 nitrogen and oxygen atoms in total.